The summed E-state index contributed by atoms with van der Waals surface area (Å²) in [7, 11) is 0. The number of halogens is 1. The van der Waals surface area contributed by atoms with Crippen molar-refractivity contribution in [2.24, 2.45) is 0 Å². The summed E-state index contributed by atoms with van der Waals surface area (Å²) in [5, 5.41) is 2.88. The van der Waals surface area contributed by atoms with Gasteiger partial charge in [0.15, 0.2) is 0 Å². The van der Waals surface area contributed by atoms with Gasteiger partial charge in [-0.3, -0.25) is 9.69 Å². The van der Waals surface area contributed by atoms with Gasteiger partial charge in [0, 0.05) is 24.3 Å². The molecule has 0 fully saturated rings. The summed E-state index contributed by atoms with van der Waals surface area (Å²) in [6.45, 7) is 4.37. The van der Waals surface area contributed by atoms with Crippen molar-refractivity contribution in [3.8, 4) is 0 Å². The normalized spacial score (nSPS) is 10.8. The van der Waals surface area contributed by atoms with Gasteiger partial charge in [-0.15, -0.1) is 0 Å². The fourth-order valence-corrected chi connectivity index (χ4v) is 2.92. The molecule has 3 nitrogen and oxygen atoms in total. The van der Waals surface area contributed by atoms with E-state index < -0.39 is 0 Å². The van der Waals surface area contributed by atoms with E-state index in [9.17, 15) is 9.18 Å². The molecular weight excluding hydrogens is 339 g/mol. The van der Waals surface area contributed by atoms with Crippen molar-refractivity contribution < 1.29 is 9.18 Å². The van der Waals surface area contributed by atoms with Crippen molar-refractivity contribution >= 4 is 11.6 Å². The van der Waals surface area contributed by atoms with E-state index >= 15 is 0 Å². The molecule has 27 heavy (non-hydrogen) atoms. The van der Waals surface area contributed by atoms with E-state index in [4.69, 9.17) is 0 Å². The van der Waals surface area contributed by atoms with E-state index in [-0.39, 0.29) is 11.7 Å². The molecule has 0 heterocycles. The zero-order chi connectivity index (χ0) is 19.1. The second-order valence-corrected chi connectivity index (χ2v) is 6.45. The molecule has 3 rings (SSSR count). The van der Waals surface area contributed by atoms with Crippen molar-refractivity contribution in [3.63, 3.8) is 0 Å². The minimum atomic E-state index is -0.211. The molecule has 0 saturated carbocycles. The third kappa shape index (κ3) is 5.50. The Kier molecular flexibility index (Phi) is 6.34. The summed E-state index contributed by atoms with van der Waals surface area (Å²) < 4.78 is 13.4. The van der Waals surface area contributed by atoms with Gasteiger partial charge in [0.1, 0.15) is 5.82 Å². The number of nitrogens with one attached hydrogen (secondary N) is 1. The fraction of sp³-hybridized carbons (Fsp3) is 0.174. The standard InChI is InChI=1S/C23H23FN2O/c1-2-26(17-19-7-6-8-21(24)15-19)16-18-11-13-20(14-12-18)23(27)25-22-9-4-3-5-10-22/h3-15H,2,16-17H2,1H3,(H,25,27). The molecule has 0 aliphatic rings. The first-order valence-electron chi connectivity index (χ1n) is 9.06. The summed E-state index contributed by atoms with van der Waals surface area (Å²) in [6, 6.07) is 23.7. The molecule has 3 aromatic rings. The summed E-state index contributed by atoms with van der Waals surface area (Å²) in [5.41, 5.74) is 3.47. The molecule has 3 aromatic carbocycles. The Bertz CT molecular complexity index is 878. The number of hydrogen-bond donors (Lipinski definition) is 1. The number of amides is 1. The highest BCUT2D eigenvalue weighted by atomic mass is 19.1. The van der Waals surface area contributed by atoms with Gasteiger partial charge in [0.25, 0.3) is 5.91 Å². The minimum absolute atomic E-state index is 0.125. The molecule has 138 valence electrons. The highest BCUT2D eigenvalue weighted by molar-refractivity contribution is 6.04. The van der Waals surface area contributed by atoms with Crippen molar-refractivity contribution in [3.05, 3.63) is 101 Å². The first-order valence-corrected chi connectivity index (χ1v) is 9.06. The lowest BCUT2D eigenvalue weighted by Crippen LogP contribution is -2.22. The van der Waals surface area contributed by atoms with Gasteiger partial charge in [-0.05, 0) is 54.1 Å². The van der Waals surface area contributed by atoms with Crippen molar-refractivity contribution in [1.29, 1.82) is 0 Å². The first kappa shape index (κ1) is 18.8. The Morgan fingerprint density at radius 1 is 0.889 bits per heavy atom. The molecule has 0 bridgehead atoms. The number of benzene rings is 3. The van der Waals surface area contributed by atoms with Gasteiger partial charge in [0.05, 0.1) is 0 Å². The van der Waals surface area contributed by atoms with Gasteiger partial charge in [-0.2, -0.15) is 0 Å². The Balaban J connectivity index is 1.61. The van der Waals surface area contributed by atoms with E-state index in [0.717, 1.165) is 29.9 Å². The van der Waals surface area contributed by atoms with Gasteiger partial charge in [0.2, 0.25) is 0 Å². The van der Waals surface area contributed by atoms with Crippen LogP contribution in [0, 0.1) is 5.82 Å². The van der Waals surface area contributed by atoms with Crippen LogP contribution in [0.4, 0.5) is 10.1 Å². The lowest BCUT2D eigenvalue weighted by Gasteiger charge is -2.20. The topological polar surface area (TPSA) is 32.3 Å². The molecule has 1 N–H and O–H groups in total. The SMILES string of the molecule is CCN(Cc1ccc(C(=O)Nc2ccccc2)cc1)Cc1cccc(F)c1. The summed E-state index contributed by atoms with van der Waals surface area (Å²) in [6.07, 6.45) is 0. The maximum Gasteiger partial charge on any atom is 0.255 e. The smallest absolute Gasteiger partial charge is 0.255 e. The molecular formula is C23H23FN2O. The second-order valence-electron chi connectivity index (χ2n) is 6.45. The maximum atomic E-state index is 13.4. The average molecular weight is 362 g/mol. The highest BCUT2D eigenvalue weighted by Crippen LogP contribution is 2.13. The van der Waals surface area contributed by atoms with E-state index in [0.29, 0.717) is 12.1 Å². The first-order chi connectivity index (χ1) is 13.1. The molecule has 0 aliphatic carbocycles. The quantitative estimate of drug-likeness (QED) is 0.634. The lowest BCUT2D eigenvalue weighted by molar-refractivity contribution is 0.102. The fourth-order valence-electron chi connectivity index (χ4n) is 2.92. The predicted molar refractivity (Wildman–Crippen MR) is 107 cm³/mol. The Morgan fingerprint density at radius 3 is 2.26 bits per heavy atom. The highest BCUT2D eigenvalue weighted by Gasteiger charge is 2.09. The van der Waals surface area contributed by atoms with E-state index in [1.165, 1.54) is 6.07 Å². The zero-order valence-corrected chi connectivity index (χ0v) is 15.4. The van der Waals surface area contributed by atoms with Crippen molar-refractivity contribution in [1.82, 2.24) is 4.90 Å². The zero-order valence-electron chi connectivity index (χ0n) is 15.4. The molecule has 0 aliphatic heterocycles. The van der Waals surface area contributed by atoms with Crippen LogP contribution in [-0.4, -0.2) is 17.4 Å². The molecule has 0 spiro atoms. The summed E-state index contributed by atoms with van der Waals surface area (Å²) in [5.74, 6) is -0.336. The monoisotopic (exact) mass is 362 g/mol. The van der Waals surface area contributed by atoms with Gasteiger partial charge >= 0.3 is 0 Å². The van der Waals surface area contributed by atoms with Crippen LogP contribution in [-0.2, 0) is 13.1 Å². The second kappa shape index (κ2) is 9.10. The molecule has 0 saturated heterocycles. The van der Waals surface area contributed by atoms with Crippen molar-refractivity contribution in [2.75, 3.05) is 11.9 Å². The molecule has 0 aromatic heterocycles. The molecule has 1 amide bonds. The average Bonchev–Trinajstić information content (AvgIpc) is 2.69. The molecule has 0 radical (unpaired) electrons. The third-order valence-corrected chi connectivity index (χ3v) is 4.40. The van der Waals surface area contributed by atoms with E-state index in [2.05, 4.69) is 17.1 Å². The summed E-state index contributed by atoms with van der Waals surface area (Å²) >= 11 is 0. The van der Waals surface area contributed by atoms with Crippen LogP contribution in [0.5, 0.6) is 0 Å². The van der Waals surface area contributed by atoms with Crippen LogP contribution >= 0.6 is 0 Å². The largest absolute Gasteiger partial charge is 0.322 e. The van der Waals surface area contributed by atoms with Gasteiger partial charge in [-0.1, -0.05) is 49.4 Å². The van der Waals surface area contributed by atoms with Crippen LogP contribution in [0.1, 0.15) is 28.4 Å². The van der Waals surface area contributed by atoms with E-state index in [1.54, 1.807) is 12.1 Å². The lowest BCUT2D eigenvalue weighted by atomic mass is 10.1. The maximum absolute atomic E-state index is 13.4. The number of anilines is 1. The molecule has 4 heteroatoms. The minimum Gasteiger partial charge on any atom is -0.322 e. The number of carbonyl (C=O) groups is 1. The summed E-state index contributed by atoms with van der Waals surface area (Å²) in [4.78, 5) is 14.5. The number of rotatable bonds is 7. The Hall–Kier alpha value is -2.98. The Morgan fingerprint density at radius 2 is 1.59 bits per heavy atom. The van der Waals surface area contributed by atoms with Gasteiger partial charge in [-0.25, -0.2) is 4.39 Å². The van der Waals surface area contributed by atoms with E-state index in [1.807, 2.05) is 60.7 Å². The number of hydrogen-bond acceptors (Lipinski definition) is 2. The number of nitrogens with zero attached hydrogens (tertiary/aromatic N) is 1. The number of para-hydroxylation sites is 1. The van der Waals surface area contributed by atoms with Crippen LogP contribution in [0.25, 0.3) is 0 Å². The predicted octanol–water partition coefficient (Wildman–Crippen LogP) is 5.10. The molecule has 0 atom stereocenters. The van der Waals surface area contributed by atoms with Crippen LogP contribution in [0.3, 0.4) is 0 Å². The van der Waals surface area contributed by atoms with Crippen LogP contribution < -0.4 is 5.32 Å². The van der Waals surface area contributed by atoms with Crippen molar-refractivity contribution in [2.45, 2.75) is 20.0 Å². The third-order valence-electron chi connectivity index (χ3n) is 4.40. The molecule has 0 unspecified atom stereocenters. The van der Waals surface area contributed by atoms with Crippen LogP contribution in [0.15, 0.2) is 78.9 Å². The number of carbonyl (C=O) groups excluding carboxylic acids is 1. The Labute approximate surface area is 159 Å². The van der Waals surface area contributed by atoms with Gasteiger partial charge < -0.3 is 5.32 Å². The van der Waals surface area contributed by atoms with Crippen LogP contribution in [0.2, 0.25) is 0 Å².